The number of rotatable bonds is 0. The van der Waals surface area contributed by atoms with E-state index >= 15 is 0 Å². The molecule has 0 atom stereocenters. The molecule has 0 aromatic heterocycles. The fourth-order valence-corrected chi connectivity index (χ4v) is 1.02. The Morgan fingerprint density at radius 3 is 0.938 bits per heavy atom. The number of hydrogen-bond acceptors (Lipinski definition) is 0. The first-order chi connectivity index (χ1) is 7.50. The van der Waals surface area contributed by atoms with Gasteiger partial charge >= 0.3 is 0 Å². The molecule has 0 amide bonds. The summed E-state index contributed by atoms with van der Waals surface area (Å²) < 4.78 is 0. The van der Waals surface area contributed by atoms with Crippen molar-refractivity contribution in [3.05, 3.63) is 72.9 Å². The minimum atomic E-state index is 0. The van der Waals surface area contributed by atoms with Crippen molar-refractivity contribution in [3.8, 4) is 0 Å². The molecule has 84 valence electrons. The van der Waals surface area contributed by atoms with Crippen LogP contribution in [-0.2, 0) is 0 Å². The van der Waals surface area contributed by atoms with Crippen molar-refractivity contribution in [1.29, 1.82) is 0 Å². The molecule has 3 aliphatic carbocycles. The van der Waals surface area contributed by atoms with Gasteiger partial charge < -0.3 is 0 Å². The molecule has 0 saturated heterocycles. The molecule has 16 heavy (non-hydrogen) atoms. The smallest absolute Gasteiger partial charge is 0 e. The van der Waals surface area contributed by atoms with Crippen molar-refractivity contribution in [2.24, 2.45) is 0 Å². The van der Waals surface area contributed by atoms with Gasteiger partial charge in [0.2, 0.25) is 0 Å². The van der Waals surface area contributed by atoms with E-state index in [4.69, 9.17) is 0 Å². The second-order valence-corrected chi connectivity index (χ2v) is 3.01. The Morgan fingerprint density at radius 2 is 0.875 bits per heavy atom. The molecule has 3 aliphatic rings. The van der Waals surface area contributed by atoms with Crippen LogP contribution in [0.3, 0.4) is 0 Å². The first kappa shape index (κ1) is 15.8. The summed E-state index contributed by atoms with van der Waals surface area (Å²) in [6.45, 7) is 0. The molecular weight excluding hydrogens is 331 g/mol. The van der Waals surface area contributed by atoms with E-state index in [2.05, 4.69) is 36.5 Å². The van der Waals surface area contributed by atoms with Crippen molar-refractivity contribution >= 4 is 0 Å². The second-order valence-electron chi connectivity index (χ2n) is 3.01. The third-order valence-electron chi connectivity index (χ3n) is 1.76. The van der Waals surface area contributed by atoms with Gasteiger partial charge in [-0.3, -0.25) is 18.2 Å². The molecule has 0 spiro atoms. The Bertz CT molecular complexity index is 232. The van der Waals surface area contributed by atoms with Crippen LogP contribution >= 0.6 is 0 Å². The SMILES string of the molecule is [C-]1=CC=CC1.[C-]1=CC=CC1.[C-]1=CC=CC1.[Sm]. The van der Waals surface area contributed by atoms with Gasteiger partial charge in [0.25, 0.3) is 0 Å². The van der Waals surface area contributed by atoms with Crippen molar-refractivity contribution in [2.45, 2.75) is 19.3 Å². The monoisotopic (exact) mass is 347 g/mol. The van der Waals surface area contributed by atoms with Gasteiger partial charge in [-0.2, -0.15) is 18.2 Å². The zero-order chi connectivity index (χ0) is 10.6. The van der Waals surface area contributed by atoms with Crippen LogP contribution in [0.1, 0.15) is 19.3 Å². The van der Waals surface area contributed by atoms with Crippen LogP contribution in [0, 0.1) is 58.6 Å². The summed E-state index contributed by atoms with van der Waals surface area (Å²) in [6.07, 6.45) is 30.0. The van der Waals surface area contributed by atoms with Crippen molar-refractivity contribution in [1.82, 2.24) is 0 Å². The average Bonchev–Trinajstić information content (AvgIpc) is 3.09. The summed E-state index contributed by atoms with van der Waals surface area (Å²) in [5, 5.41) is 0. The molecule has 0 bridgehead atoms. The maximum Gasteiger partial charge on any atom is 0 e. The van der Waals surface area contributed by atoms with E-state index in [0.29, 0.717) is 0 Å². The summed E-state index contributed by atoms with van der Waals surface area (Å²) in [6, 6.07) is 0. The molecule has 0 heterocycles. The van der Waals surface area contributed by atoms with Crippen LogP contribution in [0.4, 0.5) is 0 Å². The van der Waals surface area contributed by atoms with Gasteiger partial charge in [0.05, 0.1) is 0 Å². The first-order valence-electron chi connectivity index (χ1n) is 5.15. The molecule has 3 rings (SSSR count). The fourth-order valence-electron chi connectivity index (χ4n) is 1.02. The van der Waals surface area contributed by atoms with Gasteiger partial charge in [0.1, 0.15) is 0 Å². The van der Waals surface area contributed by atoms with Gasteiger partial charge in [0.15, 0.2) is 0 Å². The molecule has 0 aliphatic heterocycles. The summed E-state index contributed by atoms with van der Waals surface area (Å²) in [5.74, 6) is 0. The summed E-state index contributed by atoms with van der Waals surface area (Å²) in [7, 11) is 0. The minimum absolute atomic E-state index is 0. The topological polar surface area (TPSA) is 0 Å². The van der Waals surface area contributed by atoms with E-state index in [1.165, 1.54) is 0 Å². The molecule has 0 unspecified atom stereocenters. The van der Waals surface area contributed by atoms with Gasteiger partial charge in [-0.15, -0.1) is 19.3 Å². The maximum absolute atomic E-state index is 2.99. The van der Waals surface area contributed by atoms with E-state index in [1.54, 1.807) is 0 Å². The Kier molecular flexibility index (Phi) is 12.7. The van der Waals surface area contributed by atoms with Gasteiger partial charge in [-0.05, 0) is 0 Å². The maximum atomic E-state index is 2.99. The molecule has 0 aromatic rings. The van der Waals surface area contributed by atoms with Crippen LogP contribution in [0.25, 0.3) is 0 Å². The Labute approximate surface area is 131 Å². The van der Waals surface area contributed by atoms with Crippen LogP contribution in [0.2, 0.25) is 0 Å². The molecule has 0 saturated carbocycles. The summed E-state index contributed by atoms with van der Waals surface area (Å²) in [5.41, 5.74) is 0. The molecular formula is C15H15Sm-3. The quantitative estimate of drug-likeness (QED) is 0.584. The molecule has 0 radical (unpaired) electrons. The Hall–Kier alpha value is -0.222. The molecule has 0 aromatic carbocycles. The third-order valence-corrected chi connectivity index (χ3v) is 1.76. The van der Waals surface area contributed by atoms with Gasteiger partial charge in [-0.1, -0.05) is 0 Å². The number of allylic oxidation sites excluding steroid dienone is 12. The van der Waals surface area contributed by atoms with Crippen LogP contribution in [0.5, 0.6) is 0 Å². The zero-order valence-corrected chi connectivity index (χ0v) is 11.8. The molecule has 0 N–H and O–H groups in total. The molecule has 0 nitrogen and oxygen atoms in total. The standard InChI is InChI=1S/3C5H5.Sm/c3*1-2-4-5-3-1;/h3*1-3H,4H2;/q3*-1;. The largest absolute Gasteiger partial charge is 0.273 e. The third kappa shape index (κ3) is 10.3. The Morgan fingerprint density at radius 1 is 0.562 bits per heavy atom. The van der Waals surface area contributed by atoms with Crippen LogP contribution < -0.4 is 0 Å². The van der Waals surface area contributed by atoms with E-state index in [0.717, 1.165) is 19.3 Å². The van der Waals surface area contributed by atoms with Crippen molar-refractivity contribution in [2.75, 3.05) is 0 Å². The van der Waals surface area contributed by atoms with Crippen molar-refractivity contribution in [3.63, 3.8) is 0 Å². The first-order valence-corrected chi connectivity index (χ1v) is 5.15. The summed E-state index contributed by atoms with van der Waals surface area (Å²) >= 11 is 0. The zero-order valence-electron chi connectivity index (χ0n) is 9.23. The molecule has 0 fully saturated rings. The van der Waals surface area contributed by atoms with E-state index in [-0.39, 0.29) is 40.4 Å². The van der Waals surface area contributed by atoms with Gasteiger partial charge in [-0.25, -0.2) is 36.5 Å². The Balaban J connectivity index is 0.000000205. The van der Waals surface area contributed by atoms with E-state index in [1.807, 2.05) is 36.5 Å². The average molecular weight is 346 g/mol. The second kappa shape index (κ2) is 12.8. The fraction of sp³-hybridized carbons (Fsp3) is 0.200. The van der Waals surface area contributed by atoms with E-state index < -0.39 is 0 Å². The predicted molar refractivity (Wildman–Crippen MR) is 64.7 cm³/mol. The number of hydrogen-bond donors (Lipinski definition) is 0. The predicted octanol–water partition coefficient (Wildman–Crippen LogP) is 3.92. The van der Waals surface area contributed by atoms with Crippen LogP contribution in [0.15, 0.2) is 54.7 Å². The van der Waals surface area contributed by atoms with Crippen molar-refractivity contribution < 1.29 is 40.4 Å². The summed E-state index contributed by atoms with van der Waals surface area (Å²) in [4.78, 5) is 0. The molecule has 1 heteroatoms. The normalized spacial score (nSPS) is 16.5. The van der Waals surface area contributed by atoms with E-state index in [9.17, 15) is 0 Å². The minimum Gasteiger partial charge on any atom is -0.273 e. The van der Waals surface area contributed by atoms with Gasteiger partial charge in [0, 0.05) is 40.4 Å². The van der Waals surface area contributed by atoms with Crippen LogP contribution in [-0.4, -0.2) is 0 Å².